The van der Waals surface area contributed by atoms with Gasteiger partial charge in [-0.05, 0) is 45.9 Å². The lowest BCUT2D eigenvalue weighted by molar-refractivity contribution is 0.608. The second-order valence-corrected chi connectivity index (χ2v) is 4.31. The van der Waals surface area contributed by atoms with Crippen LogP contribution >= 0.6 is 0 Å². The Bertz CT molecular complexity index is 463. The zero-order valence-corrected chi connectivity index (χ0v) is 9.33. The largest absolute Gasteiger partial charge is 0.342 e. The topological polar surface area (TPSA) is 4.93 Å². The highest BCUT2D eigenvalue weighted by molar-refractivity contribution is 5.82. The van der Waals surface area contributed by atoms with E-state index in [1.807, 2.05) is 0 Å². The van der Waals surface area contributed by atoms with E-state index in [2.05, 4.69) is 56.5 Å². The quantitative estimate of drug-likeness (QED) is 0.639. The van der Waals surface area contributed by atoms with E-state index < -0.39 is 0 Å². The summed E-state index contributed by atoms with van der Waals surface area (Å²) >= 11 is 0. The van der Waals surface area contributed by atoms with E-state index in [1.165, 1.54) is 22.2 Å². The Hall–Kier alpha value is -1.24. The number of benzene rings is 1. The van der Waals surface area contributed by atoms with Crippen molar-refractivity contribution in [1.82, 2.24) is 4.57 Å². The third kappa shape index (κ3) is 1.33. The molecule has 0 bridgehead atoms. The summed E-state index contributed by atoms with van der Waals surface area (Å²) in [4.78, 5) is 0. The Balaban J connectivity index is 2.77. The lowest BCUT2D eigenvalue weighted by Gasteiger charge is -2.12. The van der Waals surface area contributed by atoms with Crippen LogP contribution in [-0.4, -0.2) is 4.57 Å². The number of aryl methyl sites for hydroxylation is 2. The number of aromatic nitrogens is 1. The molecule has 74 valence electrons. The summed E-state index contributed by atoms with van der Waals surface area (Å²) in [6.45, 7) is 8.77. The van der Waals surface area contributed by atoms with Crippen LogP contribution in [0.2, 0.25) is 0 Å². The highest BCUT2D eigenvalue weighted by Crippen LogP contribution is 2.24. The second kappa shape index (κ2) is 3.16. The second-order valence-electron chi connectivity index (χ2n) is 4.31. The molecule has 1 nitrogen and oxygen atoms in total. The molecule has 2 aromatic rings. The van der Waals surface area contributed by atoms with Gasteiger partial charge in [-0.1, -0.05) is 11.6 Å². The summed E-state index contributed by atoms with van der Waals surface area (Å²) in [7, 11) is 0. The van der Waals surface area contributed by atoms with Crippen LogP contribution in [-0.2, 0) is 0 Å². The Morgan fingerprint density at radius 3 is 2.43 bits per heavy atom. The summed E-state index contributed by atoms with van der Waals surface area (Å²) < 4.78 is 2.38. The summed E-state index contributed by atoms with van der Waals surface area (Å²) in [5.74, 6) is 0. The summed E-state index contributed by atoms with van der Waals surface area (Å²) in [5, 5.41) is 1.36. The van der Waals surface area contributed by atoms with Crippen molar-refractivity contribution in [2.75, 3.05) is 0 Å². The van der Waals surface area contributed by atoms with Crippen LogP contribution in [0, 0.1) is 13.8 Å². The van der Waals surface area contributed by atoms with E-state index in [0.717, 1.165) is 0 Å². The van der Waals surface area contributed by atoms with Gasteiger partial charge in [0.05, 0.1) is 0 Å². The number of hydrogen-bond acceptors (Lipinski definition) is 0. The van der Waals surface area contributed by atoms with Crippen molar-refractivity contribution in [1.29, 1.82) is 0 Å². The van der Waals surface area contributed by atoms with Crippen LogP contribution in [0.15, 0.2) is 24.3 Å². The molecular formula is C13H17N. The van der Waals surface area contributed by atoms with Gasteiger partial charge in [-0.2, -0.15) is 0 Å². The van der Waals surface area contributed by atoms with E-state index in [0.29, 0.717) is 6.04 Å². The maximum absolute atomic E-state index is 2.38. The maximum Gasteiger partial charge on any atom is 0.0485 e. The zero-order valence-electron chi connectivity index (χ0n) is 9.33. The van der Waals surface area contributed by atoms with Crippen LogP contribution in [0.25, 0.3) is 10.9 Å². The molecule has 0 atom stereocenters. The van der Waals surface area contributed by atoms with Gasteiger partial charge < -0.3 is 4.57 Å². The van der Waals surface area contributed by atoms with Crippen molar-refractivity contribution >= 4 is 10.9 Å². The molecule has 1 aromatic carbocycles. The summed E-state index contributed by atoms with van der Waals surface area (Å²) in [6, 6.07) is 9.46. The molecule has 0 fully saturated rings. The lowest BCUT2D eigenvalue weighted by Crippen LogP contribution is -2.01. The van der Waals surface area contributed by atoms with Gasteiger partial charge in [0, 0.05) is 22.6 Å². The van der Waals surface area contributed by atoms with Crippen molar-refractivity contribution in [2.24, 2.45) is 0 Å². The van der Waals surface area contributed by atoms with Gasteiger partial charge in [-0.25, -0.2) is 0 Å². The third-order valence-corrected chi connectivity index (χ3v) is 2.70. The predicted octanol–water partition coefficient (Wildman–Crippen LogP) is 3.84. The minimum Gasteiger partial charge on any atom is -0.342 e. The van der Waals surface area contributed by atoms with Crippen molar-refractivity contribution in [3.8, 4) is 0 Å². The summed E-state index contributed by atoms with van der Waals surface area (Å²) in [5.41, 5.74) is 4.03. The minimum atomic E-state index is 0.537. The highest BCUT2D eigenvalue weighted by Gasteiger charge is 2.07. The number of hydrogen-bond donors (Lipinski definition) is 0. The van der Waals surface area contributed by atoms with Crippen molar-refractivity contribution in [2.45, 2.75) is 33.7 Å². The van der Waals surface area contributed by atoms with E-state index in [4.69, 9.17) is 0 Å². The summed E-state index contributed by atoms with van der Waals surface area (Å²) in [6.07, 6.45) is 0. The molecule has 0 N–H and O–H groups in total. The third-order valence-electron chi connectivity index (χ3n) is 2.70. The van der Waals surface area contributed by atoms with Crippen molar-refractivity contribution in [3.63, 3.8) is 0 Å². The first kappa shape index (κ1) is 9.32. The molecule has 0 aliphatic rings. The van der Waals surface area contributed by atoms with Crippen LogP contribution in [0.5, 0.6) is 0 Å². The normalized spacial score (nSPS) is 11.5. The maximum atomic E-state index is 2.38. The first-order chi connectivity index (χ1) is 6.59. The number of fused-ring (bicyclic) bond motifs is 1. The van der Waals surface area contributed by atoms with Gasteiger partial charge in [0.25, 0.3) is 0 Å². The highest BCUT2D eigenvalue weighted by atomic mass is 15.0. The molecule has 0 amide bonds. The van der Waals surface area contributed by atoms with Gasteiger partial charge in [-0.15, -0.1) is 0 Å². The molecule has 0 spiro atoms. The molecule has 0 saturated carbocycles. The van der Waals surface area contributed by atoms with E-state index in [9.17, 15) is 0 Å². The van der Waals surface area contributed by atoms with Crippen LogP contribution in [0.4, 0.5) is 0 Å². The predicted molar refractivity (Wildman–Crippen MR) is 61.8 cm³/mol. The van der Waals surface area contributed by atoms with Gasteiger partial charge in [0.1, 0.15) is 0 Å². The molecule has 1 aromatic heterocycles. The Morgan fingerprint density at radius 1 is 1.07 bits per heavy atom. The standard InChI is InChI=1S/C13H17N/c1-9(2)14-11(4)8-12-7-10(3)5-6-13(12)14/h5-9H,1-4H3. The molecule has 0 aliphatic heterocycles. The van der Waals surface area contributed by atoms with Crippen molar-refractivity contribution in [3.05, 3.63) is 35.5 Å². The molecule has 0 saturated heterocycles. The minimum absolute atomic E-state index is 0.537. The molecule has 1 heterocycles. The Morgan fingerprint density at radius 2 is 1.79 bits per heavy atom. The Kier molecular flexibility index (Phi) is 2.10. The lowest BCUT2D eigenvalue weighted by atomic mass is 10.2. The van der Waals surface area contributed by atoms with E-state index in [-0.39, 0.29) is 0 Å². The molecule has 2 rings (SSSR count). The van der Waals surface area contributed by atoms with Crippen molar-refractivity contribution < 1.29 is 0 Å². The molecule has 0 aliphatic carbocycles. The fourth-order valence-electron chi connectivity index (χ4n) is 2.18. The van der Waals surface area contributed by atoms with Crippen LogP contribution in [0.3, 0.4) is 0 Å². The fraction of sp³-hybridized carbons (Fsp3) is 0.385. The molecule has 1 heteroatoms. The average molecular weight is 187 g/mol. The smallest absolute Gasteiger partial charge is 0.0485 e. The fourth-order valence-corrected chi connectivity index (χ4v) is 2.18. The van der Waals surface area contributed by atoms with Gasteiger partial charge in [-0.3, -0.25) is 0 Å². The molecule has 0 radical (unpaired) electrons. The van der Waals surface area contributed by atoms with Gasteiger partial charge in [0.2, 0.25) is 0 Å². The van der Waals surface area contributed by atoms with Crippen LogP contribution in [0.1, 0.15) is 31.1 Å². The van der Waals surface area contributed by atoms with Gasteiger partial charge >= 0.3 is 0 Å². The Labute approximate surface area is 85.4 Å². The molecular weight excluding hydrogens is 170 g/mol. The number of rotatable bonds is 1. The first-order valence-electron chi connectivity index (χ1n) is 5.18. The van der Waals surface area contributed by atoms with Crippen LogP contribution < -0.4 is 0 Å². The SMILES string of the molecule is Cc1ccc2c(c1)cc(C)n2C(C)C. The van der Waals surface area contributed by atoms with E-state index in [1.54, 1.807) is 0 Å². The monoisotopic (exact) mass is 187 g/mol. The average Bonchev–Trinajstić information content (AvgIpc) is 2.39. The van der Waals surface area contributed by atoms with E-state index >= 15 is 0 Å². The zero-order chi connectivity index (χ0) is 10.3. The van der Waals surface area contributed by atoms with Gasteiger partial charge in [0.15, 0.2) is 0 Å². The molecule has 14 heavy (non-hydrogen) atoms. The molecule has 0 unspecified atom stereocenters. The number of nitrogens with zero attached hydrogens (tertiary/aromatic N) is 1. The first-order valence-corrected chi connectivity index (χ1v) is 5.18.